The quantitative estimate of drug-likeness (QED) is 0.827. The fourth-order valence-electron chi connectivity index (χ4n) is 1.53. The predicted octanol–water partition coefficient (Wildman–Crippen LogP) is 0.545. The normalized spacial score (nSPS) is 12.5. The molecule has 1 heterocycles. The van der Waals surface area contributed by atoms with Crippen LogP contribution in [0.25, 0.3) is 0 Å². The molecule has 0 radical (unpaired) electrons. The first-order valence-corrected chi connectivity index (χ1v) is 8.57. The molecule has 0 unspecified atom stereocenters. The average molecular weight is 334 g/mol. The second-order valence-corrected chi connectivity index (χ2v) is 7.34. The number of benzene rings is 1. The third-order valence-corrected chi connectivity index (χ3v) is 4.88. The van der Waals surface area contributed by atoms with Gasteiger partial charge in [-0.15, -0.1) is 0 Å². The van der Waals surface area contributed by atoms with Gasteiger partial charge in [0.05, 0.1) is 17.7 Å². The van der Waals surface area contributed by atoms with Crippen molar-refractivity contribution in [1.29, 1.82) is 0 Å². The minimum absolute atomic E-state index is 0.161. The van der Waals surface area contributed by atoms with Gasteiger partial charge in [-0.25, -0.2) is 31.1 Å². The summed E-state index contributed by atoms with van der Waals surface area (Å²) in [5, 5.41) is 4.84. The van der Waals surface area contributed by atoms with E-state index in [4.69, 9.17) is 9.56 Å². The topological polar surface area (TPSA) is 119 Å². The van der Waals surface area contributed by atoms with E-state index in [2.05, 4.69) is 4.72 Å². The van der Waals surface area contributed by atoms with Crippen LogP contribution in [-0.4, -0.2) is 16.8 Å². The first kappa shape index (κ1) is 15.6. The van der Waals surface area contributed by atoms with Crippen molar-refractivity contribution in [2.75, 3.05) is 0 Å². The minimum atomic E-state index is -4.15. The van der Waals surface area contributed by atoms with Crippen molar-refractivity contribution in [3.8, 4) is 0 Å². The molecular weight excluding hydrogens is 323 g/mol. The van der Waals surface area contributed by atoms with E-state index < -0.39 is 35.7 Å². The third kappa shape index (κ3) is 3.67. The molecule has 0 aliphatic rings. The molecule has 1 aromatic heterocycles. The SMILES string of the molecule is NS(=O)(=O)c1ccc(S(=O)(=O)NCc2ccco2)c(F)c1. The van der Waals surface area contributed by atoms with Crippen molar-refractivity contribution in [2.45, 2.75) is 16.3 Å². The highest BCUT2D eigenvalue weighted by molar-refractivity contribution is 7.89. The van der Waals surface area contributed by atoms with Crippen LogP contribution in [0.15, 0.2) is 50.8 Å². The number of nitrogens with one attached hydrogen (secondary N) is 1. The van der Waals surface area contributed by atoms with Crippen molar-refractivity contribution in [1.82, 2.24) is 4.72 Å². The number of nitrogens with two attached hydrogens (primary N) is 1. The molecule has 0 amide bonds. The molecule has 0 atom stereocenters. The molecule has 0 saturated heterocycles. The Bertz CT molecular complexity index is 845. The van der Waals surface area contributed by atoms with Crippen LogP contribution < -0.4 is 9.86 Å². The highest BCUT2D eigenvalue weighted by Gasteiger charge is 2.21. The smallest absolute Gasteiger partial charge is 0.243 e. The summed E-state index contributed by atoms with van der Waals surface area (Å²) in [4.78, 5) is -1.19. The molecule has 0 spiro atoms. The maximum absolute atomic E-state index is 13.8. The van der Waals surface area contributed by atoms with E-state index in [-0.39, 0.29) is 6.54 Å². The second kappa shape index (κ2) is 5.56. The number of furan rings is 1. The van der Waals surface area contributed by atoms with Crippen LogP contribution in [0.2, 0.25) is 0 Å². The van der Waals surface area contributed by atoms with Gasteiger partial charge in [-0.1, -0.05) is 0 Å². The molecule has 0 aliphatic carbocycles. The molecule has 7 nitrogen and oxygen atoms in total. The second-order valence-electron chi connectivity index (χ2n) is 4.04. The minimum Gasteiger partial charge on any atom is -0.468 e. The number of primary sulfonamides is 1. The Morgan fingerprint density at radius 2 is 1.90 bits per heavy atom. The molecule has 0 aliphatic heterocycles. The van der Waals surface area contributed by atoms with Gasteiger partial charge in [0.25, 0.3) is 0 Å². The van der Waals surface area contributed by atoms with Gasteiger partial charge in [0.15, 0.2) is 0 Å². The van der Waals surface area contributed by atoms with Crippen LogP contribution in [0.3, 0.4) is 0 Å². The molecular formula is C11H11FN2O5S2. The Labute approximate surface area is 120 Å². The summed E-state index contributed by atoms with van der Waals surface area (Å²) >= 11 is 0. The van der Waals surface area contributed by atoms with Crippen LogP contribution in [0.1, 0.15) is 5.76 Å². The summed E-state index contributed by atoms with van der Waals surface area (Å²) < 4.78 is 66.8. The zero-order valence-electron chi connectivity index (χ0n) is 10.5. The van der Waals surface area contributed by atoms with Crippen molar-refractivity contribution in [2.24, 2.45) is 5.14 Å². The highest BCUT2D eigenvalue weighted by atomic mass is 32.2. The molecule has 2 rings (SSSR count). The first-order valence-electron chi connectivity index (χ1n) is 5.54. The molecule has 114 valence electrons. The molecule has 2 aromatic rings. The van der Waals surface area contributed by atoms with Crippen LogP contribution in [0, 0.1) is 5.82 Å². The number of rotatable bonds is 5. The van der Waals surface area contributed by atoms with E-state index in [1.807, 2.05) is 0 Å². The molecule has 0 bridgehead atoms. The lowest BCUT2D eigenvalue weighted by Crippen LogP contribution is -2.24. The van der Waals surface area contributed by atoms with Crippen LogP contribution >= 0.6 is 0 Å². The van der Waals surface area contributed by atoms with Crippen LogP contribution in [-0.2, 0) is 26.6 Å². The number of sulfonamides is 2. The standard InChI is InChI=1S/C11H11FN2O5S2/c12-10-6-9(20(13,15)16)3-4-11(10)21(17,18)14-7-8-2-1-5-19-8/h1-6,14H,7H2,(H2,13,15,16). The Morgan fingerprint density at radius 3 is 2.43 bits per heavy atom. The summed E-state index contributed by atoms with van der Waals surface area (Å²) in [6.45, 7) is -0.161. The van der Waals surface area contributed by atoms with E-state index in [1.54, 1.807) is 12.1 Å². The summed E-state index contributed by atoms with van der Waals surface area (Å²) in [5.74, 6) is -0.867. The van der Waals surface area contributed by atoms with Gasteiger partial charge in [0, 0.05) is 0 Å². The van der Waals surface area contributed by atoms with Crippen molar-refractivity contribution in [3.05, 3.63) is 48.2 Å². The number of hydrogen-bond acceptors (Lipinski definition) is 5. The molecule has 0 fully saturated rings. The van der Waals surface area contributed by atoms with Gasteiger partial charge >= 0.3 is 0 Å². The van der Waals surface area contributed by atoms with E-state index in [0.717, 1.165) is 12.1 Å². The number of halogens is 1. The Hall–Kier alpha value is -1.75. The molecule has 21 heavy (non-hydrogen) atoms. The predicted molar refractivity (Wildman–Crippen MR) is 70.5 cm³/mol. The van der Waals surface area contributed by atoms with Gasteiger partial charge in [-0.2, -0.15) is 0 Å². The van der Waals surface area contributed by atoms with Crippen molar-refractivity contribution in [3.63, 3.8) is 0 Å². The molecule has 10 heteroatoms. The van der Waals surface area contributed by atoms with Crippen molar-refractivity contribution < 1.29 is 25.6 Å². The Kier molecular flexibility index (Phi) is 4.14. The van der Waals surface area contributed by atoms with Gasteiger partial charge in [-0.05, 0) is 30.3 Å². The Morgan fingerprint density at radius 1 is 1.19 bits per heavy atom. The molecule has 3 N–H and O–H groups in total. The summed E-state index contributed by atoms with van der Waals surface area (Å²) in [6.07, 6.45) is 1.37. The molecule has 0 saturated carbocycles. The lowest BCUT2D eigenvalue weighted by atomic mass is 10.3. The van der Waals surface area contributed by atoms with E-state index in [1.165, 1.54) is 6.26 Å². The summed E-state index contributed by atoms with van der Waals surface area (Å²) in [7, 11) is -8.26. The van der Waals surface area contributed by atoms with Gasteiger partial charge < -0.3 is 4.42 Å². The Balaban J connectivity index is 2.28. The maximum atomic E-state index is 13.8. The first-order chi connectivity index (χ1) is 9.70. The van der Waals surface area contributed by atoms with E-state index >= 15 is 0 Å². The third-order valence-electron chi connectivity index (χ3n) is 2.54. The zero-order valence-corrected chi connectivity index (χ0v) is 12.1. The lowest BCUT2D eigenvalue weighted by molar-refractivity contribution is 0.496. The van der Waals surface area contributed by atoms with Crippen molar-refractivity contribution >= 4 is 20.0 Å². The van der Waals surface area contributed by atoms with Gasteiger partial charge in [0.2, 0.25) is 20.0 Å². The fourth-order valence-corrected chi connectivity index (χ4v) is 3.11. The van der Waals surface area contributed by atoms with Gasteiger partial charge in [-0.3, -0.25) is 0 Å². The molecule has 1 aromatic carbocycles. The van der Waals surface area contributed by atoms with Crippen LogP contribution in [0.5, 0.6) is 0 Å². The average Bonchev–Trinajstić information content (AvgIpc) is 2.88. The largest absolute Gasteiger partial charge is 0.468 e. The fraction of sp³-hybridized carbons (Fsp3) is 0.0909. The zero-order chi connectivity index (χ0) is 15.7. The van der Waals surface area contributed by atoms with Crippen LogP contribution in [0.4, 0.5) is 4.39 Å². The summed E-state index contributed by atoms with van der Waals surface area (Å²) in [5.41, 5.74) is 0. The monoisotopic (exact) mass is 334 g/mol. The maximum Gasteiger partial charge on any atom is 0.243 e. The van der Waals surface area contributed by atoms with E-state index in [0.29, 0.717) is 11.8 Å². The number of hydrogen-bond donors (Lipinski definition) is 2. The summed E-state index contributed by atoms with van der Waals surface area (Å²) in [6, 6.07) is 5.42. The highest BCUT2D eigenvalue weighted by Crippen LogP contribution is 2.18. The lowest BCUT2D eigenvalue weighted by Gasteiger charge is -2.07. The van der Waals surface area contributed by atoms with E-state index in [9.17, 15) is 21.2 Å². The van der Waals surface area contributed by atoms with Gasteiger partial charge in [0.1, 0.15) is 16.5 Å².